The zero-order valence-electron chi connectivity index (χ0n) is 11.6. The van der Waals surface area contributed by atoms with E-state index in [0.717, 1.165) is 38.7 Å². The lowest BCUT2D eigenvalue weighted by Crippen LogP contribution is -2.14. The minimum Gasteiger partial charge on any atom is -0.443 e. The summed E-state index contributed by atoms with van der Waals surface area (Å²) in [6.07, 6.45) is 0. The molecule has 0 unspecified atom stereocenters. The second-order valence-corrected chi connectivity index (χ2v) is 5.02. The van der Waals surface area contributed by atoms with Crippen LogP contribution in [0.1, 0.15) is 0 Å². The van der Waals surface area contributed by atoms with Crippen molar-refractivity contribution >= 4 is 27.6 Å². The molecule has 0 amide bonds. The molecule has 1 heterocycles. The summed E-state index contributed by atoms with van der Waals surface area (Å²) in [5.74, 6) is 0.771. The van der Waals surface area contributed by atoms with Crippen molar-refractivity contribution in [3.8, 4) is 11.5 Å². The van der Waals surface area contributed by atoms with Crippen LogP contribution in [-0.2, 0) is 0 Å². The Balaban J connectivity index is 2.26. The summed E-state index contributed by atoms with van der Waals surface area (Å²) in [6.45, 7) is 0. The van der Waals surface area contributed by atoms with Gasteiger partial charge in [-0.2, -0.15) is 4.98 Å². The van der Waals surface area contributed by atoms with E-state index in [9.17, 15) is 0 Å². The number of benzene rings is 3. The molecule has 4 heteroatoms. The van der Waals surface area contributed by atoms with Gasteiger partial charge in [0.25, 0.3) is 5.69 Å². The average Bonchev–Trinajstić information content (AvgIpc) is 2.52. The Morgan fingerprint density at radius 1 is 1.05 bits per heavy atom. The third-order valence-corrected chi connectivity index (χ3v) is 3.71. The monoisotopic (exact) mass is 276 g/mol. The van der Waals surface area contributed by atoms with E-state index >= 15 is 0 Å². The van der Waals surface area contributed by atoms with Crippen LogP contribution in [0, 0.1) is 0 Å². The first-order valence-electron chi connectivity index (χ1n) is 6.76. The van der Waals surface area contributed by atoms with Crippen molar-refractivity contribution in [1.29, 1.82) is 0 Å². The van der Waals surface area contributed by atoms with Crippen LogP contribution in [0.4, 0.5) is 5.69 Å². The quantitative estimate of drug-likeness (QED) is 0.305. The van der Waals surface area contributed by atoms with E-state index in [2.05, 4.69) is 22.1 Å². The number of nitrogens with one attached hydrogen (secondary N) is 1. The molecule has 2 aromatic carbocycles. The van der Waals surface area contributed by atoms with Crippen LogP contribution in [-0.4, -0.2) is 7.05 Å². The summed E-state index contributed by atoms with van der Waals surface area (Å²) in [5, 5.41) is 3.12. The zero-order chi connectivity index (χ0) is 14.4. The number of hydrogen-bond donors (Lipinski definition) is 1. The number of H-pyrrole nitrogens is 1. The fraction of sp³-hybridized carbons (Fsp3) is 0.0588. The van der Waals surface area contributed by atoms with E-state index in [-0.39, 0.29) is 0 Å². The number of nitrogens with two attached hydrogens (primary N) is 1. The molecule has 4 nitrogen and oxygen atoms in total. The molecule has 102 valence electrons. The first-order valence-corrected chi connectivity index (χ1v) is 6.76. The molecule has 0 saturated carbocycles. The van der Waals surface area contributed by atoms with Crippen LogP contribution in [0.3, 0.4) is 0 Å². The summed E-state index contributed by atoms with van der Waals surface area (Å²) in [5.41, 5.74) is 9.13. The molecule has 21 heavy (non-hydrogen) atoms. The molecule has 3 N–H and O–H groups in total. The highest BCUT2D eigenvalue weighted by molar-refractivity contribution is 5.94. The van der Waals surface area contributed by atoms with E-state index in [4.69, 9.17) is 10.2 Å². The Kier molecular flexibility index (Phi) is 2.44. The third-order valence-electron chi connectivity index (χ3n) is 3.71. The summed E-state index contributed by atoms with van der Waals surface area (Å²) in [6, 6.07) is 15.7. The molecule has 0 bridgehead atoms. The minimum atomic E-state index is 0.681. The van der Waals surface area contributed by atoms with Crippen LogP contribution in [0.15, 0.2) is 57.9 Å². The molecule has 1 aliphatic carbocycles. The maximum Gasteiger partial charge on any atom is 0.255 e. The molecular formula is C17H14N3O+. The van der Waals surface area contributed by atoms with Gasteiger partial charge in [0, 0.05) is 36.3 Å². The summed E-state index contributed by atoms with van der Waals surface area (Å²) < 4.78 is 6.01. The molecule has 4 rings (SSSR count). The van der Waals surface area contributed by atoms with Crippen LogP contribution in [0.5, 0.6) is 0 Å². The molecule has 1 aliphatic heterocycles. The lowest BCUT2D eigenvalue weighted by Gasteiger charge is -2.05. The van der Waals surface area contributed by atoms with Crippen molar-refractivity contribution in [2.45, 2.75) is 0 Å². The summed E-state index contributed by atoms with van der Waals surface area (Å²) in [7, 11) is 1.79. The van der Waals surface area contributed by atoms with Crippen LogP contribution in [0.2, 0.25) is 0 Å². The van der Waals surface area contributed by atoms with Gasteiger partial charge in [0.15, 0.2) is 0 Å². The number of aromatic amines is 1. The first kappa shape index (κ1) is 11.9. The highest BCUT2D eigenvalue weighted by atomic mass is 16.3. The van der Waals surface area contributed by atoms with Gasteiger partial charge >= 0.3 is 0 Å². The normalized spacial score (nSPS) is 12.5. The Labute approximate surface area is 120 Å². The van der Waals surface area contributed by atoms with Crippen molar-refractivity contribution in [2.75, 3.05) is 12.8 Å². The van der Waals surface area contributed by atoms with E-state index in [0.29, 0.717) is 5.69 Å². The SMILES string of the molecule is CN=c1cc2oc3cc(N)ccc3[nH+]c-2c2ccccc12. The second kappa shape index (κ2) is 4.31. The molecule has 2 aliphatic rings. The van der Waals surface area contributed by atoms with Gasteiger partial charge in [-0.15, -0.1) is 0 Å². The smallest absolute Gasteiger partial charge is 0.255 e. The maximum absolute atomic E-state index is 6.01. The number of rotatable bonds is 0. The molecule has 0 fully saturated rings. The average molecular weight is 276 g/mol. The largest absolute Gasteiger partial charge is 0.443 e. The number of anilines is 1. The highest BCUT2D eigenvalue weighted by Crippen LogP contribution is 2.27. The van der Waals surface area contributed by atoms with Crippen molar-refractivity contribution in [3.05, 3.63) is 53.9 Å². The first-order chi connectivity index (χ1) is 10.3. The Hall–Kier alpha value is -2.88. The molecule has 0 saturated heterocycles. The Morgan fingerprint density at radius 2 is 1.86 bits per heavy atom. The lowest BCUT2D eigenvalue weighted by atomic mass is 10.0. The number of hydrogen-bond acceptors (Lipinski definition) is 3. The molecular weight excluding hydrogens is 262 g/mol. The fourth-order valence-electron chi connectivity index (χ4n) is 2.71. The molecule has 0 spiro atoms. The van der Waals surface area contributed by atoms with Gasteiger partial charge in [0.2, 0.25) is 16.9 Å². The standard InChI is InChI=1S/C17H13N3O/c1-19-14-9-16-17(12-5-3-2-4-11(12)14)20-13-7-6-10(18)8-15(13)21-16/h2-9H,18H2,1H3/p+1. The van der Waals surface area contributed by atoms with Gasteiger partial charge in [-0.3, -0.25) is 4.99 Å². The zero-order valence-corrected chi connectivity index (χ0v) is 11.6. The number of nitrogens with zero attached hydrogens (tertiary/aromatic N) is 1. The molecule has 2 aromatic rings. The minimum absolute atomic E-state index is 0.681. The number of aromatic nitrogens is 1. The van der Waals surface area contributed by atoms with Gasteiger partial charge in [0.05, 0.1) is 10.7 Å². The maximum atomic E-state index is 6.01. The van der Waals surface area contributed by atoms with Crippen molar-refractivity contribution < 1.29 is 9.40 Å². The van der Waals surface area contributed by atoms with Gasteiger partial charge in [-0.1, -0.05) is 18.2 Å². The molecule has 0 aromatic heterocycles. The topological polar surface area (TPSA) is 65.7 Å². The van der Waals surface area contributed by atoms with Crippen molar-refractivity contribution in [1.82, 2.24) is 0 Å². The van der Waals surface area contributed by atoms with E-state index in [1.807, 2.05) is 36.4 Å². The van der Waals surface area contributed by atoms with Crippen LogP contribution < -0.4 is 16.1 Å². The summed E-state index contributed by atoms with van der Waals surface area (Å²) in [4.78, 5) is 7.79. The summed E-state index contributed by atoms with van der Waals surface area (Å²) >= 11 is 0. The van der Waals surface area contributed by atoms with Crippen molar-refractivity contribution in [3.63, 3.8) is 0 Å². The van der Waals surface area contributed by atoms with Crippen LogP contribution >= 0.6 is 0 Å². The third kappa shape index (κ3) is 1.76. The Morgan fingerprint density at radius 3 is 2.67 bits per heavy atom. The van der Waals surface area contributed by atoms with E-state index < -0.39 is 0 Å². The lowest BCUT2D eigenvalue weighted by molar-refractivity contribution is -0.332. The Bertz CT molecular complexity index is 1020. The van der Waals surface area contributed by atoms with Gasteiger partial charge in [-0.05, 0) is 12.1 Å². The predicted molar refractivity (Wildman–Crippen MR) is 82.8 cm³/mol. The van der Waals surface area contributed by atoms with Crippen LogP contribution in [0.25, 0.3) is 33.3 Å². The van der Waals surface area contributed by atoms with Gasteiger partial charge in [0.1, 0.15) is 0 Å². The fourth-order valence-corrected chi connectivity index (χ4v) is 2.71. The molecule has 0 atom stereocenters. The second-order valence-electron chi connectivity index (χ2n) is 5.02. The van der Waals surface area contributed by atoms with Crippen molar-refractivity contribution in [2.24, 2.45) is 4.99 Å². The predicted octanol–water partition coefficient (Wildman–Crippen LogP) is 2.62. The number of fused-ring (bicyclic) bond motifs is 4. The van der Waals surface area contributed by atoms with Gasteiger partial charge in [-0.25, -0.2) is 0 Å². The van der Waals surface area contributed by atoms with E-state index in [1.54, 1.807) is 7.05 Å². The van der Waals surface area contributed by atoms with Gasteiger partial charge < -0.3 is 10.2 Å². The number of nitrogen functional groups attached to an aromatic ring is 1. The highest BCUT2D eigenvalue weighted by Gasteiger charge is 2.19. The van der Waals surface area contributed by atoms with E-state index in [1.165, 1.54) is 0 Å². The molecule has 0 radical (unpaired) electrons.